The lowest BCUT2D eigenvalue weighted by atomic mass is 10.1. The number of hydrogen-bond acceptors (Lipinski definition) is 6. The standard InChI is InChI=1S/C18H26N6O3/c1-13(12-24-7-3-6-19-24)20-16(25)5-4-15-14(2)21-18(22-17(15)26)23-8-10-27-11-9-23/h3,6-7,13H,4-5,8-12H2,1-2H3,(H,20,25)(H,21,22,26)/t13-/m0/s1. The van der Waals surface area contributed by atoms with Gasteiger partial charge in [-0.3, -0.25) is 19.3 Å². The number of anilines is 1. The van der Waals surface area contributed by atoms with E-state index in [1.165, 1.54) is 0 Å². The molecule has 9 heteroatoms. The SMILES string of the molecule is Cc1nc(N2CCOCC2)[nH]c(=O)c1CCC(=O)N[C@@H](C)Cn1cccn1. The molecular weight excluding hydrogens is 348 g/mol. The highest BCUT2D eigenvalue weighted by Crippen LogP contribution is 2.11. The molecule has 0 aromatic carbocycles. The number of aromatic amines is 1. The van der Waals surface area contributed by atoms with Crippen molar-refractivity contribution in [3.05, 3.63) is 40.1 Å². The highest BCUT2D eigenvalue weighted by atomic mass is 16.5. The third-order valence-corrected chi connectivity index (χ3v) is 4.55. The second kappa shape index (κ2) is 8.81. The number of carbonyl (C=O) groups is 1. The number of carbonyl (C=O) groups excluding carboxylic acids is 1. The number of amides is 1. The van der Waals surface area contributed by atoms with Crippen molar-refractivity contribution in [3.8, 4) is 0 Å². The van der Waals surface area contributed by atoms with Crippen molar-refractivity contribution in [3.63, 3.8) is 0 Å². The summed E-state index contributed by atoms with van der Waals surface area (Å²) in [5.74, 6) is 0.479. The number of aryl methyl sites for hydroxylation is 1. The first-order chi connectivity index (χ1) is 13.0. The predicted molar refractivity (Wildman–Crippen MR) is 101 cm³/mol. The molecule has 146 valence electrons. The molecule has 1 amide bonds. The maximum absolute atomic E-state index is 12.5. The molecule has 0 spiro atoms. The van der Waals surface area contributed by atoms with Gasteiger partial charge in [-0.05, 0) is 26.3 Å². The van der Waals surface area contributed by atoms with E-state index in [1.807, 2.05) is 31.0 Å². The van der Waals surface area contributed by atoms with Crippen LogP contribution in [0.15, 0.2) is 23.3 Å². The van der Waals surface area contributed by atoms with E-state index in [1.54, 1.807) is 10.9 Å². The van der Waals surface area contributed by atoms with Gasteiger partial charge < -0.3 is 15.0 Å². The summed E-state index contributed by atoms with van der Waals surface area (Å²) in [6.45, 7) is 7.01. The number of morpholine rings is 1. The third-order valence-electron chi connectivity index (χ3n) is 4.55. The van der Waals surface area contributed by atoms with Crippen LogP contribution in [0, 0.1) is 6.92 Å². The number of ether oxygens (including phenoxy) is 1. The number of aromatic nitrogens is 4. The lowest BCUT2D eigenvalue weighted by Gasteiger charge is -2.27. The van der Waals surface area contributed by atoms with Crippen LogP contribution in [0.25, 0.3) is 0 Å². The molecule has 0 saturated carbocycles. The fourth-order valence-corrected chi connectivity index (χ4v) is 3.14. The number of H-pyrrole nitrogens is 1. The first-order valence-electron chi connectivity index (χ1n) is 9.22. The molecule has 1 fully saturated rings. The number of rotatable bonds is 7. The molecule has 2 aromatic rings. The van der Waals surface area contributed by atoms with Crippen molar-refractivity contribution in [2.24, 2.45) is 0 Å². The quantitative estimate of drug-likeness (QED) is 0.720. The lowest BCUT2D eigenvalue weighted by molar-refractivity contribution is -0.121. The largest absolute Gasteiger partial charge is 0.378 e. The third kappa shape index (κ3) is 5.16. The van der Waals surface area contributed by atoms with E-state index < -0.39 is 0 Å². The van der Waals surface area contributed by atoms with Crippen LogP contribution in [-0.2, 0) is 22.5 Å². The van der Waals surface area contributed by atoms with Gasteiger partial charge in [0.05, 0.1) is 19.8 Å². The summed E-state index contributed by atoms with van der Waals surface area (Å²) in [4.78, 5) is 34.0. The molecule has 0 aliphatic carbocycles. The molecule has 0 unspecified atom stereocenters. The highest BCUT2D eigenvalue weighted by Gasteiger charge is 2.17. The molecule has 1 aliphatic heterocycles. The molecule has 27 heavy (non-hydrogen) atoms. The number of nitrogens with zero attached hydrogens (tertiary/aromatic N) is 4. The van der Waals surface area contributed by atoms with Gasteiger partial charge in [0.1, 0.15) is 0 Å². The molecule has 2 aromatic heterocycles. The monoisotopic (exact) mass is 374 g/mol. The summed E-state index contributed by atoms with van der Waals surface area (Å²) in [6.07, 6.45) is 4.16. The van der Waals surface area contributed by atoms with Gasteiger partial charge in [-0.15, -0.1) is 0 Å². The zero-order chi connectivity index (χ0) is 19.2. The van der Waals surface area contributed by atoms with Crippen LogP contribution in [-0.4, -0.2) is 58.0 Å². The Morgan fingerprint density at radius 2 is 2.19 bits per heavy atom. The average molecular weight is 374 g/mol. The summed E-state index contributed by atoms with van der Waals surface area (Å²) in [7, 11) is 0. The van der Waals surface area contributed by atoms with Crippen molar-refractivity contribution < 1.29 is 9.53 Å². The highest BCUT2D eigenvalue weighted by molar-refractivity contribution is 5.76. The van der Waals surface area contributed by atoms with Gasteiger partial charge in [-0.1, -0.05) is 0 Å². The van der Waals surface area contributed by atoms with E-state index >= 15 is 0 Å². The van der Waals surface area contributed by atoms with Crippen LogP contribution >= 0.6 is 0 Å². The minimum atomic E-state index is -0.179. The van der Waals surface area contributed by atoms with E-state index in [0.29, 0.717) is 56.5 Å². The fourth-order valence-electron chi connectivity index (χ4n) is 3.14. The Morgan fingerprint density at radius 3 is 2.85 bits per heavy atom. The molecule has 9 nitrogen and oxygen atoms in total. The molecule has 3 heterocycles. The Morgan fingerprint density at radius 1 is 1.41 bits per heavy atom. The fraction of sp³-hybridized carbons (Fsp3) is 0.556. The molecule has 0 radical (unpaired) electrons. The molecule has 2 N–H and O–H groups in total. The van der Waals surface area contributed by atoms with Crippen LogP contribution in [0.5, 0.6) is 0 Å². The molecular formula is C18H26N6O3. The summed E-state index contributed by atoms with van der Waals surface area (Å²) in [5, 5.41) is 7.06. The van der Waals surface area contributed by atoms with Gasteiger partial charge in [0, 0.05) is 49.2 Å². The van der Waals surface area contributed by atoms with Crippen molar-refractivity contribution in [1.29, 1.82) is 0 Å². The Balaban J connectivity index is 1.55. The minimum absolute atomic E-state index is 0.0430. The average Bonchev–Trinajstić information content (AvgIpc) is 3.14. The Bertz CT molecular complexity index is 811. The van der Waals surface area contributed by atoms with Crippen molar-refractivity contribution in [1.82, 2.24) is 25.1 Å². The van der Waals surface area contributed by atoms with Gasteiger partial charge in [0.2, 0.25) is 11.9 Å². The van der Waals surface area contributed by atoms with Gasteiger partial charge in [-0.25, -0.2) is 4.98 Å². The van der Waals surface area contributed by atoms with E-state index in [4.69, 9.17) is 4.74 Å². The van der Waals surface area contributed by atoms with Gasteiger partial charge in [-0.2, -0.15) is 5.10 Å². The molecule has 0 bridgehead atoms. The zero-order valence-corrected chi connectivity index (χ0v) is 15.8. The smallest absolute Gasteiger partial charge is 0.255 e. The van der Waals surface area contributed by atoms with E-state index in [2.05, 4.69) is 20.4 Å². The predicted octanol–water partition coefficient (Wildman–Crippen LogP) is 0.249. The molecule has 1 saturated heterocycles. The summed E-state index contributed by atoms with van der Waals surface area (Å²) >= 11 is 0. The van der Waals surface area contributed by atoms with E-state index in [9.17, 15) is 9.59 Å². The second-order valence-electron chi connectivity index (χ2n) is 6.75. The van der Waals surface area contributed by atoms with Crippen LogP contribution in [0.4, 0.5) is 5.95 Å². The number of hydrogen-bond donors (Lipinski definition) is 2. The lowest BCUT2D eigenvalue weighted by Crippen LogP contribution is -2.39. The summed E-state index contributed by atoms with van der Waals surface area (Å²) < 4.78 is 7.10. The second-order valence-corrected chi connectivity index (χ2v) is 6.75. The van der Waals surface area contributed by atoms with Gasteiger partial charge in [0.25, 0.3) is 5.56 Å². The first kappa shape index (κ1) is 19.1. The van der Waals surface area contributed by atoms with Crippen molar-refractivity contribution in [2.75, 3.05) is 31.2 Å². The van der Waals surface area contributed by atoms with Crippen LogP contribution in [0.2, 0.25) is 0 Å². The molecule has 1 aliphatic rings. The van der Waals surface area contributed by atoms with Gasteiger partial charge in [0.15, 0.2) is 0 Å². The van der Waals surface area contributed by atoms with Crippen LogP contribution in [0.1, 0.15) is 24.6 Å². The minimum Gasteiger partial charge on any atom is -0.378 e. The summed E-state index contributed by atoms with van der Waals surface area (Å²) in [6, 6.07) is 1.80. The number of nitrogens with one attached hydrogen (secondary N) is 2. The maximum Gasteiger partial charge on any atom is 0.255 e. The maximum atomic E-state index is 12.5. The Hall–Kier alpha value is -2.68. The van der Waals surface area contributed by atoms with Gasteiger partial charge >= 0.3 is 0 Å². The normalized spacial score (nSPS) is 15.6. The Kier molecular flexibility index (Phi) is 6.23. The van der Waals surface area contributed by atoms with E-state index in [0.717, 1.165) is 0 Å². The van der Waals surface area contributed by atoms with Crippen molar-refractivity contribution in [2.45, 2.75) is 39.3 Å². The van der Waals surface area contributed by atoms with E-state index in [-0.39, 0.29) is 23.9 Å². The van der Waals surface area contributed by atoms with Crippen molar-refractivity contribution >= 4 is 11.9 Å². The Labute approximate surface area is 157 Å². The summed E-state index contributed by atoms with van der Waals surface area (Å²) in [5.41, 5.74) is 1.04. The zero-order valence-electron chi connectivity index (χ0n) is 15.8. The molecule has 3 rings (SSSR count). The molecule has 1 atom stereocenters. The topological polar surface area (TPSA) is 105 Å². The van der Waals surface area contributed by atoms with Crippen LogP contribution < -0.4 is 15.8 Å². The van der Waals surface area contributed by atoms with Crippen LogP contribution in [0.3, 0.4) is 0 Å². The first-order valence-corrected chi connectivity index (χ1v) is 9.22.